The van der Waals surface area contributed by atoms with Crippen molar-refractivity contribution in [2.45, 2.75) is 71.6 Å². The minimum absolute atomic E-state index is 0.108. The molecule has 2 aromatic heterocycles. The Morgan fingerprint density at radius 2 is 1.53 bits per heavy atom. The lowest BCUT2D eigenvalue weighted by Gasteiger charge is -2.29. The number of aromatic amines is 1. The molecule has 1 aliphatic heterocycles. The molecule has 0 aliphatic carbocycles. The van der Waals surface area contributed by atoms with E-state index in [0.29, 0.717) is 46.1 Å². The summed E-state index contributed by atoms with van der Waals surface area (Å²) in [6, 6.07) is 14.2. The zero-order valence-corrected chi connectivity index (χ0v) is 27.5. The van der Waals surface area contributed by atoms with Crippen LogP contribution in [-0.2, 0) is 15.9 Å². The van der Waals surface area contributed by atoms with Gasteiger partial charge in [-0.25, -0.2) is 14.3 Å². The number of nitro benzene ring substituents is 1. The van der Waals surface area contributed by atoms with Crippen LogP contribution >= 0.6 is 11.6 Å². The molecule has 47 heavy (non-hydrogen) atoms. The van der Waals surface area contributed by atoms with E-state index in [-0.39, 0.29) is 22.5 Å². The maximum atomic E-state index is 13.7. The van der Waals surface area contributed by atoms with E-state index in [9.17, 15) is 29.3 Å². The standard InChI is InChI=1S/C33H34ClN5O8/c1-32(2,3)46-30(42)37(31(43)47-33(4,5)6)26-13-7-20(34)17-24(26)19-15-23-12-14-27(36(23)28(40)16-19)25-18-29(41)38(35-25)21-8-10-22(11-9-21)39(44)45/h7-11,13,15-18,27,35H,12,14H2,1-6H3/t27-/m0/s1. The van der Waals surface area contributed by atoms with Gasteiger partial charge in [0.2, 0.25) is 0 Å². The molecule has 0 saturated heterocycles. The Bertz CT molecular complexity index is 1970. The number of rotatable bonds is 5. The summed E-state index contributed by atoms with van der Waals surface area (Å²) in [4.78, 5) is 64.8. The molecule has 2 aromatic carbocycles. The summed E-state index contributed by atoms with van der Waals surface area (Å²) >= 11 is 6.39. The Morgan fingerprint density at radius 1 is 0.915 bits per heavy atom. The number of hydrogen-bond acceptors (Lipinski definition) is 8. The van der Waals surface area contributed by atoms with Crippen molar-refractivity contribution in [3.8, 4) is 16.8 Å². The minimum Gasteiger partial charge on any atom is -0.443 e. The molecule has 4 aromatic rings. The van der Waals surface area contributed by atoms with Gasteiger partial charge in [-0.2, -0.15) is 4.90 Å². The van der Waals surface area contributed by atoms with Gasteiger partial charge in [0, 0.05) is 40.5 Å². The summed E-state index contributed by atoms with van der Waals surface area (Å²) in [5.41, 5.74) is -0.320. The van der Waals surface area contributed by atoms with Gasteiger partial charge in [0.1, 0.15) is 11.2 Å². The van der Waals surface area contributed by atoms with Gasteiger partial charge in [-0.15, -0.1) is 0 Å². The summed E-state index contributed by atoms with van der Waals surface area (Å²) < 4.78 is 14.0. The van der Waals surface area contributed by atoms with Crippen molar-refractivity contribution in [1.82, 2.24) is 14.3 Å². The third-order valence-electron chi connectivity index (χ3n) is 7.21. The van der Waals surface area contributed by atoms with E-state index in [4.69, 9.17) is 21.1 Å². The fraction of sp³-hybridized carbons (Fsp3) is 0.333. The Morgan fingerprint density at radius 3 is 2.11 bits per heavy atom. The summed E-state index contributed by atoms with van der Waals surface area (Å²) in [5, 5.41) is 14.4. The lowest BCUT2D eigenvalue weighted by molar-refractivity contribution is -0.384. The molecule has 0 fully saturated rings. The monoisotopic (exact) mass is 663 g/mol. The lowest BCUT2D eigenvalue weighted by atomic mass is 10.0. The van der Waals surface area contributed by atoms with Crippen molar-refractivity contribution in [2.75, 3.05) is 4.90 Å². The molecule has 0 bridgehead atoms. The first-order valence-electron chi connectivity index (χ1n) is 14.8. The number of non-ortho nitro benzene ring substituents is 1. The summed E-state index contributed by atoms with van der Waals surface area (Å²) in [5.74, 6) is 0. The number of pyridine rings is 1. The fourth-order valence-corrected chi connectivity index (χ4v) is 5.54. The average molecular weight is 664 g/mol. The number of ether oxygens (including phenoxy) is 2. The van der Waals surface area contributed by atoms with Crippen LogP contribution in [0.3, 0.4) is 0 Å². The molecule has 3 heterocycles. The number of nitrogens with one attached hydrogen (secondary N) is 1. The fourth-order valence-electron chi connectivity index (χ4n) is 5.37. The summed E-state index contributed by atoms with van der Waals surface area (Å²) in [6.45, 7) is 10.0. The molecular formula is C33H34ClN5O8. The van der Waals surface area contributed by atoms with Gasteiger partial charge < -0.3 is 14.0 Å². The van der Waals surface area contributed by atoms with E-state index in [0.717, 1.165) is 4.90 Å². The minimum atomic E-state index is -0.963. The number of hydrogen-bond donors (Lipinski definition) is 1. The molecule has 2 amide bonds. The molecule has 1 atom stereocenters. The predicted octanol–water partition coefficient (Wildman–Crippen LogP) is 6.77. The number of anilines is 1. The van der Waals surface area contributed by atoms with E-state index in [1.54, 1.807) is 58.2 Å². The van der Waals surface area contributed by atoms with E-state index in [2.05, 4.69) is 5.10 Å². The molecule has 0 spiro atoms. The second-order valence-corrected chi connectivity index (χ2v) is 13.6. The number of benzene rings is 2. The van der Waals surface area contributed by atoms with E-state index >= 15 is 0 Å². The smallest absolute Gasteiger partial charge is 0.424 e. The first-order valence-corrected chi connectivity index (χ1v) is 15.2. The summed E-state index contributed by atoms with van der Waals surface area (Å²) in [7, 11) is 0. The third-order valence-corrected chi connectivity index (χ3v) is 7.45. The number of nitro groups is 1. The number of aromatic nitrogens is 3. The van der Waals surface area contributed by atoms with Crippen LogP contribution in [0.4, 0.5) is 21.0 Å². The van der Waals surface area contributed by atoms with Crippen LogP contribution in [0.1, 0.15) is 65.4 Å². The number of carbonyl (C=O) groups is 2. The number of nitrogens with zero attached hydrogens (tertiary/aromatic N) is 4. The van der Waals surface area contributed by atoms with Gasteiger partial charge in [-0.05, 0) is 96.3 Å². The number of aryl methyl sites for hydroxylation is 1. The SMILES string of the molecule is CC(C)(C)OC(=O)N(C(=O)OC(C)(C)C)c1ccc(Cl)cc1-c1cc2n(c(=O)c1)[C@H](c1cc(=O)n(-c3ccc([N+](=O)[O-])cc3)[nH]1)CC2. The maximum absolute atomic E-state index is 13.7. The summed E-state index contributed by atoms with van der Waals surface area (Å²) in [6.07, 6.45) is -0.941. The van der Waals surface area contributed by atoms with Crippen LogP contribution in [0.25, 0.3) is 16.8 Å². The zero-order valence-electron chi connectivity index (χ0n) is 26.7. The molecule has 1 aliphatic rings. The van der Waals surface area contributed by atoms with Crippen molar-refractivity contribution in [3.63, 3.8) is 0 Å². The second-order valence-electron chi connectivity index (χ2n) is 13.1. The van der Waals surface area contributed by atoms with Gasteiger partial charge in [-0.1, -0.05) is 11.6 Å². The molecule has 246 valence electrons. The molecule has 14 heteroatoms. The van der Waals surface area contributed by atoms with Gasteiger partial charge in [0.15, 0.2) is 0 Å². The van der Waals surface area contributed by atoms with E-state index < -0.39 is 34.4 Å². The van der Waals surface area contributed by atoms with Crippen molar-refractivity contribution in [3.05, 3.63) is 108 Å². The first kappa shape index (κ1) is 33.2. The van der Waals surface area contributed by atoms with Crippen LogP contribution < -0.4 is 16.0 Å². The number of imide groups is 1. The van der Waals surface area contributed by atoms with Crippen molar-refractivity contribution < 1.29 is 24.0 Å². The van der Waals surface area contributed by atoms with E-state index in [1.807, 2.05) is 0 Å². The molecule has 0 radical (unpaired) electrons. The highest BCUT2D eigenvalue weighted by atomic mass is 35.5. The lowest BCUT2D eigenvalue weighted by Crippen LogP contribution is -2.44. The van der Waals surface area contributed by atoms with Crippen molar-refractivity contribution >= 4 is 35.2 Å². The van der Waals surface area contributed by atoms with Gasteiger partial charge in [0.25, 0.3) is 16.8 Å². The third kappa shape index (κ3) is 7.14. The maximum Gasteiger partial charge on any atom is 0.424 e. The van der Waals surface area contributed by atoms with Crippen LogP contribution in [0.5, 0.6) is 0 Å². The second kappa shape index (κ2) is 12.2. The molecular weight excluding hydrogens is 630 g/mol. The average Bonchev–Trinajstić information content (AvgIpc) is 3.55. The van der Waals surface area contributed by atoms with Gasteiger partial charge in [-0.3, -0.25) is 24.8 Å². The normalized spacial score (nSPS) is 14.4. The first-order chi connectivity index (χ1) is 21.9. The number of H-pyrrole nitrogens is 1. The quantitative estimate of drug-likeness (QED) is 0.181. The molecule has 5 rings (SSSR count). The number of carbonyl (C=O) groups excluding carboxylic acids is 2. The highest BCUT2D eigenvalue weighted by Crippen LogP contribution is 2.37. The predicted molar refractivity (Wildman–Crippen MR) is 176 cm³/mol. The Hall–Kier alpha value is -5.17. The number of halogens is 1. The van der Waals surface area contributed by atoms with E-state index in [1.165, 1.54) is 53.2 Å². The largest absolute Gasteiger partial charge is 0.443 e. The topological polar surface area (TPSA) is 159 Å². The van der Waals surface area contributed by atoms with Crippen molar-refractivity contribution in [2.24, 2.45) is 0 Å². The Balaban J connectivity index is 1.55. The molecule has 1 N–H and O–H groups in total. The van der Waals surface area contributed by atoms with Crippen LogP contribution in [0, 0.1) is 10.1 Å². The number of fused-ring (bicyclic) bond motifs is 1. The highest BCUT2D eigenvalue weighted by Gasteiger charge is 2.35. The molecule has 0 unspecified atom stereocenters. The molecule has 13 nitrogen and oxygen atoms in total. The number of amides is 2. The molecule has 0 saturated carbocycles. The van der Waals surface area contributed by atoms with Gasteiger partial charge in [0.05, 0.1) is 28.0 Å². The van der Waals surface area contributed by atoms with Gasteiger partial charge >= 0.3 is 12.2 Å². The van der Waals surface area contributed by atoms with Crippen LogP contribution in [0.15, 0.2) is 70.3 Å². The highest BCUT2D eigenvalue weighted by molar-refractivity contribution is 6.31. The zero-order chi connectivity index (χ0) is 34.4. The van der Waals surface area contributed by atoms with Crippen LogP contribution in [-0.4, -0.2) is 42.7 Å². The Kier molecular flexibility index (Phi) is 8.63. The van der Waals surface area contributed by atoms with Crippen molar-refractivity contribution in [1.29, 1.82) is 0 Å². The Labute approximate surface area is 274 Å². The van der Waals surface area contributed by atoms with Crippen LogP contribution in [0.2, 0.25) is 5.02 Å².